The summed E-state index contributed by atoms with van der Waals surface area (Å²) in [5.74, 6) is -4.33. The van der Waals surface area contributed by atoms with Gasteiger partial charge in [-0.1, -0.05) is 6.07 Å². The summed E-state index contributed by atoms with van der Waals surface area (Å²) in [6, 6.07) is 1.76. The quantitative estimate of drug-likeness (QED) is 0.655. The zero-order chi connectivity index (χ0) is 13.9. The zero-order valence-electron chi connectivity index (χ0n) is 10.3. The first-order valence-electron chi connectivity index (χ1n) is 5.25. The minimum Gasteiger partial charge on any atom is -0.385 e. The summed E-state index contributed by atoms with van der Waals surface area (Å²) in [7, 11) is 2.71. The van der Waals surface area contributed by atoms with Crippen LogP contribution < -0.4 is 0 Å². The molecule has 1 rings (SSSR count). The van der Waals surface area contributed by atoms with Crippen LogP contribution in [0.2, 0.25) is 0 Å². The van der Waals surface area contributed by atoms with E-state index in [1.54, 1.807) is 0 Å². The molecule has 0 amide bonds. The molecule has 1 aromatic carbocycles. The second-order valence-electron chi connectivity index (χ2n) is 4.10. The Labute approximate surface area is 103 Å². The number of ether oxygens (including phenoxy) is 2. The molecule has 102 valence electrons. The van der Waals surface area contributed by atoms with E-state index < -0.39 is 29.3 Å². The maximum atomic E-state index is 13.6. The molecule has 0 spiro atoms. The van der Waals surface area contributed by atoms with Crippen LogP contribution in [-0.2, 0) is 15.1 Å². The summed E-state index contributed by atoms with van der Waals surface area (Å²) in [4.78, 5) is 0. The highest BCUT2D eigenvalue weighted by Gasteiger charge is 2.32. The van der Waals surface area contributed by atoms with Gasteiger partial charge in [-0.25, -0.2) is 13.2 Å². The lowest BCUT2D eigenvalue weighted by molar-refractivity contribution is -0.142. The van der Waals surface area contributed by atoms with Gasteiger partial charge in [0, 0.05) is 26.2 Å². The Kier molecular flexibility index (Phi) is 4.72. The molecule has 0 aliphatic rings. The van der Waals surface area contributed by atoms with Crippen LogP contribution in [0.4, 0.5) is 13.2 Å². The molecule has 0 aromatic heterocycles. The molecular formula is C12H15F3O3. The van der Waals surface area contributed by atoms with E-state index in [1.165, 1.54) is 21.1 Å². The van der Waals surface area contributed by atoms with Crippen LogP contribution in [0.3, 0.4) is 0 Å². The van der Waals surface area contributed by atoms with Crippen molar-refractivity contribution in [3.8, 4) is 0 Å². The number of halogens is 3. The molecule has 0 saturated heterocycles. The van der Waals surface area contributed by atoms with Gasteiger partial charge in [0.25, 0.3) is 0 Å². The zero-order valence-corrected chi connectivity index (χ0v) is 10.3. The van der Waals surface area contributed by atoms with E-state index in [4.69, 9.17) is 9.47 Å². The summed E-state index contributed by atoms with van der Waals surface area (Å²) in [5, 5.41) is 10.1. The van der Waals surface area contributed by atoms with E-state index in [0.717, 1.165) is 12.1 Å². The van der Waals surface area contributed by atoms with Crippen molar-refractivity contribution >= 4 is 0 Å². The second kappa shape index (κ2) is 5.69. The first kappa shape index (κ1) is 14.9. The van der Waals surface area contributed by atoms with E-state index in [1.807, 2.05) is 0 Å². The van der Waals surface area contributed by atoms with Gasteiger partial charge in [-0.3, -0.25) is 0 Å². The number of methoxy groups -OCH3 is 2. The fourth-order valence-electron chi connectivity index (χ4n) is 1.64. The van der Waals surface area contributed by atoms with Gasteiger partial charge in [-0.2, -0.15) is 0 Å². The van der Waals surface area contributed by atoms with E-state index in [-0.39, 0.29) is 12.0 Å². The summed E-state index contributed by atoms with van der Waals surface area (Å²) >= 11 is 0. The van der Waals surface area contributed by atoms with Gasteiger partial charge in [0.1, 0.15) is 0 Å². The molecule has 0 bridgehead atoms. The number of hydrogen-bond acceptors (Lipinski definition) is 3. The van der Waals surface area contributed by atoms with E-state index in [9.17, 15) is 18.3 Å². The molecule has 1 aromatic rings. The summed E-state index contributed by atoms with van der Waals surface area (Å²) in [5.41, 5.74) is -2.09. The SMILES string of the molecule is COC(CC(C)(O)c1ccc(F)c(F)c1F)OC. The maximum Gasteiger partial charge on any atom is 0.194 e. The molecule has 0 aliphatic heterocycles. The molecule has 0 fully saturated rings. The third kappa shape index (κ3) is 3.01. The minimum atomic E-state index is -1.74. The Balaban J connectivity index is 3.08. The van der Waals surface area contributed by atoms with Crippen LogP contribution >= 0.6 is 0 Å². The van der Waals surface area contributed by atoms with Gasteiger partial charge in [-0.05, 0) is 13.0 Å². The summed E-state index contributed by atoms with van der Waals surface area (Å²) in [6.07, 6.45) is -0.908. The number of rotatable bonds is 5. The van der Waals surface area contributed by atoms with Crippen molar-refractivity contribution in [3.63, 3.8) is 0 Å². The lowest BCUT2D eigenvalue weighted by atomic mass is 9.91. The smallest absolute Gasteiger partial charge is 0.194 e. The second-order valence-corrected chi connectivity index (χ2v) is 4.10. The lowest BCUT2D eigenvalue weighted by Gasteiger charge is -2.28. The Morgan fingerprint density at radius 2 is 1.72 bits per heavy atom. The minimum absolute atomic E-state index is 0.123. The Morgan fingerprint density at radius 1 is 1.17 bits per heavy atom. The molecule has 0 radical (unpaired) electrons. The fourth-order valence-corrected chi connectivity index (χ4v) is 1.64. The van der Waals surface area contributed by atoms with Crippen molar-refractivity contribution in [2.75, 3.05) is 14.2 Å². The highest BCUT2D eigenvalue weighted by atomic mass is 19.2. The summed E-state index contributed by atoms with van der Waals surface area (Å²) < 4.78 is 49.2. The normalized spacial score (nSPS) is 14.9. The van der Waals surface area contributed by atoms with Gasteiger partial charge in [0.15, 0.2) is 23.7 Å². The van der Waals surface area contributed by atoms with Gasteiger partial charge in [0.05, 0.1) is 5.60 Å². The topological polar surface area (TPSA) is 38.7 Å². The molecule has 1 atom stereocenters. The van der Waals surface area contributed by atoms with Crippen molar-refractivity contribution in [3.05, 3.63) is 35.1 Å². The molecule has 18 heavy (non-hydrogen) atoms. The third-order valence-corrected chi connectivity index (χ3v) is 2.71. The Morgan fingerprint density at radius 3 is 2.22 bits per heavy atom. The van der Waals surface area contributed by atoms with Crippen LogP contribution in [-0.4, -0.2) is 25.6 Å². The first-order valence-corrected chi connectivity index (χ1v) is 5.25. The van der Waals surface area contributed by atoms with Gasteiger partial charge in [-0.15, -0.1) is 0 Å². The fraction of sp³-hybridized carbons (Fsp3) is 0.500. The van der Waals surface area contributed by atoms with Gasteiger partial charge < -0.3 is 14.6 Å². The average molecular weight is 264 g/mol. The predicted molar refractivity (Wildman–Crippen MR) is 58.3 cm³/mol. The number of benzene rings is 1. The van der Waals surface area contributed by atoms with Gasteiger partial charge >= 0.3 is 0 Å². The standard InChI is InChI=1S/C12H15F3O3/c1-12(16,6-9(17-2)18-3)7-4-5-8(13)11(15)10(7)14/h4-5,9,16H,6H2,1-3H3. The number of aliphatic hydroxyl groups is 1. The van der Waals surface area contributed by atoms with E-state index in [2.05, 4.69) is 0 Å². The van der Waals surface area contributed by atoms with Crippen molar-refractivity contribution in [1.29, 1.82) is 0 Å². The van der Waals surface area contributed by atoms with Crippen LogP contribution in [0.1, 0.15) is 18.9 Å². The van der Waals surface area contributed by atoms with Crippen molar-refractivity contribution < 1.29 is 27.8 Å². The molecule has 0 heterocycles. The molecule has 0 saturated carbocycles. The third-order valence-electron chi connectivity index (χ3n) is 2.71. The largest absolute Gasteiger partial charge is 0.385 e. The molecule has 1 N–H and O–H groups in total. The average Bonchev–Trinajstić information content (AvgIpc) is 2.32. The highest BCUT2D eigenvalue weighted by Crippen LogP contribution is 2.30. The van der Waals surface area contributed by atoms with Crippen molar-refractivity contribution in [1.82, 2.24) is 0 Å². The maximum absolute atomic E-state index is 13.6. The highest BCUT2D eigenvalue weighted by molar-refractivity contribution is 5.25. The van der Waals surface area contributed by atoms with Crippen molar-refractivity contribution in [2.24, 2.45) is 0 Å². The predicted octanol–water partition coefficient (Wildman–Crippen LogP) is 2.32. The summed E-state index contributed by atoms with van der Waals surface area (Å²) in [6.45, 7) is 1.27. The van der Waals surface area contributed by atoms with Gasteiger partial charge in [0.2, 0.25) is 0 Å². The molecule has 6 heteroatoms. The molecule has 0 aliphatic carbocycles. The van der Waals surface area contributed by atoms with Crippen LogP contribution in [0.5, 0.6) is 0 Å². The Hall–Kier alpha value is -1.11. The van der Waals surface area contributed by atoms with Crippen LogP contribution in [0.15, 0.2) is 12.1 Å². The van der Waals surface area contributed by atoms with Crippen molar-refractivity contribution in [2.45, 2.75) is 25.2 Å². The monoisotopic (exact) mass is 264 g/mol. The lowest BCUT2D eigenvalue weighted by Crippen LogP contribution is -2.31. The van der Waals surface area contributed by atoms with Crippen LogP contribution in [0.25, 0.3) is 0 Å². The molecule has 3 nitrogen and oxygen atoms in total. The van der Waals surface area contributed by atoms with E-state index in [0.29, 0.717) is 0 Å². The van der Waals surface area contributed by atoms with Crippen LogP contribution in [0, 0.1) is 17.5 Å². The van der Waals surface area contributed by atoms with E-state index >= 15 is 0 Å². The number of hydrogen-bond donors (Lipinski definition) is 1. The Bertz CT molecular complexity index is 417. The first-order chi connectivity index (χ1) is 8.33. The molecule has 1 unspecified atom stereocenters. The molecular weight excluding hydrogens is 249 g/mol.